The van der Waals surface area contributed by atoms with Crippen LogP contribution in [0, 0.1) is 0 Å². The molecule has 35 heavy (non-hydrogen) atoms. The number of carbonyl (C=O) groups is 2. The third-order valence-corrected chi connectivity index (χ3v) is 5.59. The number of carbonyl (C=O) groups excluding carboxylic acids is 2. The lowest BCUT2D eigenvalue weighted by Gasteiger charge is -2.31. The van der Waals surface area contributed by atoms with Gasteiger partial charge in [-0.25, -0.2) is 0 Å². The molecule has 1 atom stereocenters. The summed E-state index contributed by atoms with van der Waals surface area (Å²) in [7, 11) is 0. The van der Waals surface area contributed by atoms with Crippen molar-refractivity contribution in [1.29, 1.82) is 0 Å². The highest BCUT2D eigenvalue weighted by molar-refractivity contribution is 6.30. The predicted octanol–water partition coefficient (Wildman–Crippen LogP) is 5.03. The molecule has 1 N–H and O–H groups in total. The summed E-state index contributed by atoms with van der Waals surface area (Å²) >= 11 is 6.06. The number of ether oxygens (including phenoxy) is 2. The van der Waals surface area contributed by atoms with Gasteiger partial charge in [-0.1, -0.05) is 72.3 Å². The molecule has 3 aromatic carbocycles. The Morgan fingerprint density at radius 2 is 1.60 bits per heavy atom. The molecule has 0 aromatic heterocycles. The molecule has 0 aliphatic carbocycles. The average molecular weight is 495 g/mol. The van der Waals surface area contributed by atoms with Crippen molar-refractivity contribution in [2.75, 3.05) is 26.4 Å². The van der Waals surface area contributed by atoms with Gasteiger partial charge in [0.1, 0.15) is 11.8 Å². The van der Waals surface area contributed by atoms with E-state index in [1.165, 1.54) is 0 Å². The van der Waals surface area contributed by atoms with E-state index >= 15 is 0 Å². The number of nitrogens with zero attached hydrogens (tertiary/aromatic N) is 1. The highest BCUT2D eigenvalue weighted by atomic mass is 35.5. The van der Waals surface area contributed by atoms with E-state index in [0.717, 1.165) is 11.1 Å². The first-order valence-corrected chi connectivity index (χ1v) is 12.1. The maximum atomic E-state index is 13.5. The molecule has 0 unspecified atom stereocenters. The highest BCUT2D eigenvalue weighted by Crippen LogP contribution is 2.25. The Morgan fingerprint density at radius 1 is 0.943 bits per heavy atom. The van der Waals surface area contributed by atoms with Gasteiger partial charge < -0.3 is 19.7 Å². The SMILES string of the molecule is CCOCCCNC(=O)[C@@H](c1ccccc1)N(Cc1ccc(Cl)cc1)C(=O)COc1ccccc1. The summed E-state index contributed by atoms with van der Waals surface area (Å²) in [4.78, 5) is 28.5. The largest absolute Gasteiger partial charge is 0.484 e. The van der Waals surface area contributed by atoms with E-state index in [4.69, 9.17) is 21.1 Å². The zero-order chi connectivity index (χ0) is 24.9. The summed E-state index contributed by atoms with van der Waals surface area (Å²) in [5, 5.41) is 3.57. The summed E-state index contributed by atoms with van der Waals surface area (Å²) < 4.78 is 11.1. The minimum Gasteiger partial charge on any atom is -0.484 e. The molecule has 0 saturated heterocycles. The molecule has 0 bridgehead atoms. The Kier molecular flexibility index (Phi) is 10.6. The fourth-order valence-electron chi connectivity index (χ4n) is 3.59. The van der Waals surface area contributed by atoms with Crippen molar-refractivity contribution in [3.05, 3.63) is 101 Å². The summed E-state index contributed by atoms with van der Waals surface area (Å²) in [5.74, 6) is 0.0285. The van der Waals surface area contributed by atoms with Gasteiger partial charge in [0.15, 0.2) is 6.61 Å². The third kappa shape index (κ3) is 8.42. The molecule has 0 aliphatic heterocycles. The van der Waals surface area contributed by atoms with Crippen LogP contribution in [0.3, 0.4) is 0 Å². The number of halogens is 1. The average Bonchev–Trinajstić information content (AvgIpc) is 2.89. The first-order valence-electron chi connectivity index (χ1n) is 11.7. The van der Waals surface area contributed by atoms with Crippen molar-refractivity contribution in [2.45, 2.75) is 25.9 Å². The Balaban J connectivity index is 1.85. The molecule has 6 nitrogen and oxygen atoms in total. The first-order chi connectivity index (χ1) is 17.1. The minimum atomic E-state index is -0.828. The lowest BCUT2D eigenvalue weighted by molar-refractivity contribution is -0.143. The van der Waals surface area contributed by atoms with E-state index in [0.29, 0.717) is 37.0 Å². The van der Waals surface area contributed by atoms with Crippen molar-refractivity contribution in [1.82, 2.24) is 10.2 Å². The smallest absolute Gasteiger partial charge is 0.261 e. The minimum absolute atomic E-state index is 0.196. The Labute approximate surface area is 211 Å². The van der Waals surface area contributed by atoms with Crippen molar-refractivity contribution >= 4 is 23.4 Å². The number of hydrogen-bond donors (Lipinski definition) is 1. The molecule has 3 rings (SSSR count). The first kappa shape index (κ1) is 26.3. The molecule has 0 aliphatic rings. The number of amides is 2. The fourth-order valence-corrected chi connectivity index (χ4v) is 3.72. The second-order valence-electron chi connectivity index (χ2n) is 7.90. The van der Waals surface area contributed by atoms with Crippen LogP contribution in [0.1, 0.15) is 30.5 Å². The fraction of sp³-hybridized carbons (Fsp3) is 0.286. The molecule has 0 saturated carbocycles. The van der Waals surface area contributed by atoms with Gasteiger partial charge in [0.25, 0.3) is 5.91 Å². The van der Waals surface area contributed by atoms with E-state index in [-0.39, 0.29) is 25.0 Å². The second kappa shape index (κ2) is 14.1. The second-order valence-corrected chi connectivity index (χ2v) is 8.34. The van der Waals surface area contributed by atoms with Gasteiger partial charge >= 0.3 is 0 Å². The topological polar surface area (TPSA) is 67.9 Å². The molecular formula is C28H31ClN2O4. The normalized spacial score (nSPS) is 11.5. The molecule has 0 fully saturated rings. The van der Waals surface area contributed by atoms with Crippen molar-refractivity contribution in [2.24, 2.45) is 0 Å². The molecule has 3 aromatic rings. The van der Waals surface area contributed by atoms with Gasteiger partial charge in [0, 0.05) is 31.3 Å². The van der Waals surface area contributed by atoms with Gasteiger partial charge in [-0.15, -0.1) is 0 Å². The van der Waals surface area contributed by atoms with Crippen LogP contribution in [0.25, 0.3) is 0 Å². The summed E-state index contributed by atoms with van der Waals surface area (Å²) in [6, 6.07) is 24.8. The summed E-state index contributed by atoms with van der Waals surface area (Å²) in [5.41, 5.74) is 1.57. The summed E-state index contributed by atoms with van der Waals surface area (Å²) in [6.07, 6.45) is 0.684. The third-order valence-electron chi connectivity index (χ3n) is 5.34. The van der Waals surface area contributed by atoms with Crippen LogP contribution in [0.5, 0.6) is 5.75 Å². The highest BCUT2D eigenvalue weighted by Gasteiger charge is 2.31. The van der Waals surface area contributed by atoms with Crippen LogP contribution in [-0.4, -0.2) is 43.1 Å². The molecule has 7 heteroatoms. The number of para-hydroxylation sites is 1. The maximum Gasteiger partial charge on any atom is 0.261 e. The zero-order valence-electron chi connectivity index (χ0n) is 19.9. The number of hydrogen-bond acceptors (Lipinski definition) is 4. The summed E-state index contributed by atoms with van der Waals surface area (Å²) in [6.45, 7) is 3.60. The van der Waals surface area contributed by atoms with E-state index in [9.17, 15) is 9.59 Å². The van der Waals surface area contributed by atoms with Crippen molar-refractivity contribution in [3.63, 3.8) is 0 Å². The molecule has 184 valence electrons. The van der Waals surface area contributed by atoms with E-state index in [1.54, 1.807) is 29.2 Å². The maximum absolute atomic E-state index is 13.5. The van der Waals surface area contributed by atoms with Crippen LogP contribution in [0.15, 0.2) is 84.9 Å². The van der Waals surface area contributed by atoms with E-state index < -0.39 is 6.04 Å². The molecule has 0 spiro atoms. The predicted molar refractivity (Wildman–Crippen MR) is 137 cm³/mol. The Hall–Kier alpha value is -3.35. The van der Waals surface area contributed by atoms with Gasteiger partial charge in [-0.2, -0.15) is 0 Å². The number of benzene rings is 3. The van der Waals surface area contributed by atoms with Crippen molar-refractivity contribution < 1.29 is 19.1 Å². The number of nitrogens with one attached hydrogen (secondary N) is 1. The van der Waals surface area contributed by atoms with Gasteiger partial charge in [-0.05, 0) is 48.7 Å². The van der Waals surface area contributed by atoms with Gasteiger partial charge in [0.2, 0.25) is 5.91 Å². The lowest BCUT2D eigenvalue weighted by atomic mass is 10.0. The Bertz CT molecular complexity index is 1050. The molecule has 0 radical (unpaired) electrons. The van der Waals surface area contributed by atoms with Crippen LogP contribution < -0.4 is 10.1 Å². The van der Waals surface area contributed by atoms with Crippen LogP contribution in [-0.2, 0) is 20.9 Å². The van der Waals surface area contributed by atoms with Gasteiger partial charge in [-0.3, -0.25) is 9.59 Å². The number of rotatable bonds is 13. The van der Waals surface area contributed by atoms with E-state index in [2.05, 4.69) is 5.32 Å². The van der Waals surface area contributed by atoms with Crippen LogP contribution >= 0.6 is 11.6 Å². The zero-order valence-corrected chi connectivity index (χ0v) is 20.6. The quantitative estimate of drug-likeness (QED) is 0.338. The lowest BCUT2D eigenvalue weighted by Crippen LogP contribution is -2.45. The molecule has 0 heterocycles. The Morgan fingerprint density at radius 3 is 2.26 bits per heavy atom. The van der Waals surface area contributed by atoms with Crippen molar-refractivity contribution in [3.8, 4) is 5.75 Å². The molecule has 2 amide bonds. The van der Waals surface area contributed by atoms with Gasteiger partial charge in [0.05, 0.1) is 0 Å². The molecular weight excluding hydrogens is 464 g/mol. The standard InChI is InChI=1S/C28H31ClN2O4/c1-2-34-19-9-18-30-28(33)27(23-10-5-3-6-11-23)31(20-22-14-16-24(29)17-15-22)26(32)21-35-25-12-7-4-8-13-25/h3-8,10-17,27H,2,9,18-21H2,1H3,(H,30,33)/t27-/m1/s1. The monoisotopic (exact) mass is 494 g/mol. The van der Waals surface area contributed by atoms with Crippen LogP contribution in [0.2, 0.25) is 5.02 Å². The van der Waals surface area contributed by atoms with E-state index in [1.807, 2.05) is 67.6 Å². The van der Waals surface area contributed by atoms with Crippen LogP contribution in [0.4, 0.5) is 0 Å².